The van der Waals surface area contributed by atoms with Gasteiger partial charge in [-0.1, -0.05) is 42.5 Å². The maximum Gasteiger partial charge on any atom is 0.253 e. The molecule has 2 aromatic carbocycles. The fraction of sp³-hybridized carbons (Fsp3) is 0.286. The van der Waals surface area contributed by atoms with E-state index in [1.807, 2.05) is 38.1 Å². The molecule has 0 aliphatic heterocycles. The standard InChI is InChI=1S/C28H30N2O4/c1-19-13-14-21(15-20(19)2)18-30(24-12-8-11-23(16-24)28(34)29(3)4)26(32)17-25(31)27(33)22-9-6-5-7-10-22/h6,8-16H,5,7,17-18H2,1-4H3. The van der Waals surface area contributed by atoms with Gasteiger partial charge in [-0.25, -0.2) is 0 Å². The van der Waals surface area contributed by atoms with Crippen molar-refractivity contribution < 1.29 is 19.2 Å². The quantitative estimate of drug-likeness (QED) is 0.436. The van der Waals surface area contributed by atoms with Gasteiger partial charge in [0.1, 0.15) is 0 Å². The van der Waals surface area contributed by atoms with E-state index in [4.69, 9.17) is 0 Å². The first-order valence-corrected chi connectivity index (χ1v) is 11.3. The predicted octanol–water partition coefficient (Wildman–Crippen LogP) is 4.34. The zero-order valence-corrected chi connectivity index (χ0v) is 20.1. The van der Waals surface area contributed by atoms with Gasteiger partial charge in [-0.3, -0.25) is 19.2 Å². The Morgan fingerprint density at radius 3 is 2.32 bits per heavy atom. The van der Waals surface area contributed by atoms with E-state index >= 15 is 0 Å². The number of aryl methyl sites for hydroxylation is 2. The van der Waals surface area contributed by atoms with Crippen LogP contribution in [-0.2, 0) is 20.9 Å². The predicted molar refractivity (Wildman–Crippen MR) is 133 cm³/mol. The lowest BCUT2D eigenvalue weighted by Gasteiger charge is -2.24. The van der Waals surface area contributed by atoms with Gasteiger partial charge >= 0.3 is 0 Å². The van der Waals surface area contributed by atoms with E-state index in [9.17, 15) is 19.2 Å². The van der Waals surface area contributed by atoms with Crippen LogP contribution in [0.1, 0.15) is 46.3 Å². The van der Waals surface area contributed by atoms with Crippen molar-refractivity contribution in [1.82, 2.24) is 4.90 Å². The zero-order chi connectivity index (χ0) is 24.8. The number of carbonyl (C=O) groups excluding carboxylic acids is 4. The van der Waals surface area contributed by atoms with Crippen molar-refractivity contribution >= 4 is 29.1 Å². The Morgan fingerprint density at radius 1 is 0.912 bits per heavy atom. The molecule has 176 valence electrons. The van der Waals surface area contributed by atoms with Crippen LogP contribution < -0.4 is 4.90 Å². The second-order valence-corrected chi connectivity index (χ2v) is 8.72. The molecule has 0 saturated heterocycles. The molecule has 0 heterocycles. The molecule has 0 N–H and O–H groups in total. The second kappa shape index (κ2) is 10.9. The van der Waals surface area contributed by atoms with E-state index in [0.29, 0.717) is 23.2 Å². The Morgan fingerprint density at radius 2 is 1.68 bits per heavy atom. The Hall–Kier alpha value is -3.80. The minimum atomic E-state index is -0.742. The highest BCUT2D eigenvalue weighted by molar-refractivity contribution is 6.47. The lowest BCUT2D eigenvalue weighted by atomic mass is 9.99. The Kier molecular flexibility index (Phi) is 7.95. The lowest BCUT2D eigenvalue weighted by molar-refractivity contribution is -0.136. The molecule has 34 heavy (non-hydrogen) atoms. The van der Waals surface area contributed by atoms with Crippen molar-refractivity contribution in [3.05, 3.63) is 88.5 Å². The third-order valence-corrected chi connectivity index (χ3v) is 5.85. The highest BCUT2D eigenvalue weighted by Crippen LogP contribution is 2.23. The van der Waals surface area contributed by atoms with Crippen molar-refractivity contribution in [1.29, 1.82) is 0 Å². The van der Waals surface area contributed by atoms with Crippen LogP contribution in [0.25, 0.3) is 0 Å². The van der Waals surface area contributed by atoms with Gasteiger partial charge in [-0.2, -0.15) is 0 Å². The number of nitrogens with zero attached hydrogens (tertiary/aromatic N) is 2. The molecule has 2 aromatic rings. The van der Waals surface area contributed by atoms with Crippen molar-refractivity contribution in [2.75, 3.05) is 19.0 Å². The first-order valence-electron chi connectivity index (χ1n) is 11.3. The highest BCUT2D eigenvalue weighted by atomic mass is 16.2. The molecular weight excluding hydrogens is 428 g/mol. The number of hydrogen-bond acceptors (Lipinski definition) is 4. The van der Waals surface area contributed by atoms with E-state index < -0.39 is 23.9 Å². The number of ketones is 2. The minimum absolute atomic E-state index is 0.192. The number of hydrogen-bond donors (Lipinski definition) is 0. The maximum atomic E-state index is 13.3. The number of carbonyl (C=O) groups is 4. The molecule has 0 bridgehead atoms. The fourth-order valence-electron chi connectivity index (χ4n) is 3.73. The molecule has 0 unspecified atom stereocenters. The fourth-order valence-corrected chi connectivity index (χ4v) is 3.73. The largest absolute Gasteiger partial charge is 0.345 e. The van der Waals surface area contributed by atoms with Crippen LogP contribution in [0, 0.1) is 13.8 Å². The van der Waals surface area contributed by atoms with Crippen molar-refractivity contribution in [3.63, 3.8) is 0 Å². The van der Waals surface area contributed by atoms with E-state index in [2.05, 4.69) is 0 Å². The SMILES string of the molecule is Cc1ccc(CN(C(=O)CC(=O)C(=O)C2=CCCC=C2)c2cccc(C(=O)N(C)C)c2)cc1C. The average Bonchev–Trinajstić information content (AvgIpc) is 2.84. The molecule has 1 aliphatic carbocycles. The van der Waals surface area contributed by atoms with E-state index in [1.54, 1.807) is 50.5 Å². The molecule has 1 aliphatic rings. The summed E-state index contributed by atoms with van der Waals surface area (Å²) in [5.41, 5.74) is 4.37. The summed E-state index contributed by atoms with van der Waals surface area (Å²) in [6.45, 7) is 4.22. The summed E-state index contributed by atoms with van der Waals surface area (Å²) in [5.74, 6) is -2.07. The molecule has 0 fully saturated rings. The summed E-state index contributed by atoms with van der Waals surface area (Å²) in [4.78, 5) is 54.0. The van der Waals surface area contributed by atoms with Gasteiger partial charge in [0.25, 0.3) is 5.91 Å². The summed E-state index contributed by atoms with van der Waals surface area (Å²) in [5, 5.41) is 0. The number of amides is 2. The van der Waals surface area contributed by atoms with Gasteiger partial charge in [0.15, 0.2) is 0 Å². The first-order chi connectivity index (χ1) is 16.2. The monoisotopic (exact) mass is 458 g/mol. The van der Waals surface area contributed by atoms with Crippen molar-refractivity contribution in [2.45, 2.75) is 39.7 Å². The zero-order valence-electron chi connectivity index (χ0n) is 20.1. The van der Waals surface area contributed by atoms with E-state index in [-0.39, 0.29) is 12.5 Å². The molecular formula is C28H30N2O4. The van der Waals surface area contributed by atoms with Crippen LogP contribution in [-0.4, -0.2) is 42.4 Å². The topological polar surface area (TPSA) is 74.8 Å². The average molecular weight is 459 g/mol. The van der Waals surface area contributed by atoms with E-state index in [0.717, 1.165) is 23.1 Å². The number of allylic oxidation sites excluding steroid dienone is 4. The van der Waals surface area contributed by atoms with Crippen molar-refractivity contribution in [2.24, 2.45) is 0 Å². The number of rotatable bonds is 8. The maximum absolute atomic E-state index is 13.3. The second-order valence-electron chi connectivity index (χ2n) is 8.72. The van der Waals surface area contributed by atoms with Gasteiger partial charge in [0.2, 0.25) is 17.5 Å². The van der Waals surface area contributed by atoms with Gasteiger partial charge in [-0.15, -0.1) is 0 Å². The minimum Gasteiger partial charge on any atom is -0.345 e. The highest BCUT2D eigenvalue weighted by Gasteiger charge is 2.26. The van der Waals surface area contributed by atoms with Gasteiger partial charge < -0.3 is 9.80 Å². The molecule has 0 radical (unpaired) electrons. The van der Waals surface area contributed by atoms with E-state index in [1.165, 1.54) is 9.80 Å². The van der Waals surface area contributed by atoms with Gasteiger partial charge in [0, 0.05) is 30.9 Å². The lowest BCUT2D eigenvalue weighted by Crippen LogP contribution is -2.34. The molecule has 0 atom stereocenters. The molecule has 3 rings (SSSR count). The molecule has 0 spiro atoms. The van der Waals surface area contributed by atoms with Crippen LogP contribution in [0.2, 0.25) is 0 Å². The summed E-state index contributed by atoms with van der Waals surface area (Å²) >= 11 is 0. The normalized spacial score (nSPS) is 12.6. The Bertz CT molecular complexity index is 1190. The van der Waals surface area contributed by atoms with Crippen LogP contribution >= 0.6 is 0 Å². The molecule has 6 nitrogen and oxygen atoms in total. The van der Waals surface area contributed by atoms with Crippen LogP contribution in [0.3, 0.4) is 0 Å². The summed E-state index contributed by atoms with van der Waals surface area (Å²) in [6, 6.07) is 12.7. The van der Waals surface area contributed by atoms with Crippen molar-refractivity contribution in [3.8, 4) is 0 Å². The Labute approximate surface area is 200 Å². The van der Waals surface area contributed by atoms with Crippen LogP contribution in [0.15, 0.2) is 66.3 Å². The number of benzene rings is 2. The molecule has 0 aromatic heterocycles. The number of Topliss-reactive ketones (excluding diaryl/α,β-unsaturated/α-hetero) is 2. The number of anilines is 1. The smallest absolute Gasteiger partial charge is 0.253 e. The molecule has 2 amide bonds. The van der Waals surface area contributed by atoms with Crippen LogP contribution in [0.4, 0.5) is 5.69 Å². The molecule has 6 heteroatoms. The first kappa shape index (κ1) is 24.8. The summed E-state index contributed by atoms with van der Waals surface area (Å²) in [6.07, 6.45) is 6.20. The summed E-state index contributed by atoms with van der Waals surface area (Å²) < 4.78 is 0. The third kappa shape index (κ3) is 5.95. The third-order valence-electron chi connectivity index (χ3n) is 5.85. The van der Waals surface area contributed by atoms with Crippen LogP contribution in [0.5, 0.6) is 0 Å². The van der Waals surface area contributed by atoms with Gasteiger partial charge in [0.05, 0.1) is 13.0 Å². The van der Waals surface area contributed by atoms with Gasteiger partial charge in [-0.05, 0) is 61.6 Å². The Balaban J connectivity index is 1.91. The summed E-state index contributed by atoms with van der Waals surface area (Å²) in [7, 11) is 3.32. The molecule has 0 saturated carbocycles.